The molecular weight excluding hydrogens is 288 g/mol. The van der Waals surface area contributed by atoms with Crippen molar-refractivity contribution in [1.29, 1.82) is 0 Å². The van der Waals surface area contributed by atoms with Crippen LogP contribution >= 0.6 is 23.8 Å². The lowest BCUT2D eigenvalue weighted by Crippen LogP contribution is -1.99. The second kappa shape index (κ2) is 5.57. The number of hydrogen-bond acceptors (Lipinski definition) is 2. The summed E-state index contributed by atoms with van der Waals surface area (Å²) in [6.45, 7) is 0. The van der Waals surface area contributed by atoms with Gasteiger partial charge in [-0.3, -0.25) is 4.57 Å². The lowest BCUT2D eigenvalue weighted by atomic mass is 10.1. The van der Waals surface area contributed by atoms with E-state index in [0.29, 0.717) is 9.79 Å². The van der Waals surface area contributed by atoms with Gasteiger partial charge in [0.15, 0.2) is 0 Å². The summed E-state index contributed by atoms with van der Waals surface area (Å²) in [7, 11) is 0. The first kappa shape index (κ1) is 13.0. The van der Waals surface area contributed by atoms with Crippen molar-refractivity contribution in [2.45, 2.75) is 0 Å². The van der Waals surface area contributed by atoms with Crippen molar-refractivity contribution in [3.8, 4) is 16.9 Å². The number of aromatic nitrogens is 2. The fourth-order valence-electron chi connectivity index (χ4n) is 2.00. The number of nitrogens with zero attached hydrogens (tertiary/aromatic N) is 2. The van der Waals surface area contributed by atoms with Gasteiger partial charge in [-0.15, -0.1) is 0 Å². The van der Waals surface area contributed by atoms with Crippen LogP contribution in [0.5, 0.6) is 0 Å². The first-order chi connectivity index (χ1) is 9.74. The van der Waals surface area contributed by atoms with E-state index in [1.807, 2.05) is 71.4 Å². The van der Waals surface area contributed by atoms with Gasteiger partial charge in [-0.25, -0.2) is 4.98 Å². The highest BCUT2D eigenvalue weighted by Crippen LogP contribution is 2.19. The van der Waals surface area contributed by atoms with E-state index in [0.717, 1.165) is 16.9 Å². The third-order valence-corrected chi connectivity index (χ3v) is 3.48. The van der Waals surface area contributed by atoms with Crippen molar-refractivity contribution >= 4 is 23.8 Å². The molecule has 0 bridgehead atoms. The Morgan fingerprint density at radius 1 is 0.950 bits per heavy atom. The highest BCUT2D eigenvalue weighted by atomic mass is 35.5. The Hall–Kier alpha value is -1.97. The van der Waals surface area contributed by atoms with E-state index >= 15 is 0 Å². The molecule has 98 valence electrons. The van der Waals surface area contributed by atoms with Crippen LogP contribution in [0.2, 0.25) is 5.02 Å². The van der Waals surface area contributed by atoms with Crippen LogP contribution in [0.25, 0.3) is 16.9 Å². The second-order valence-electron chi connectivity index (χ2n) is 4.31. The molecule has 4 heteroatoms. The van der Waals surface area contributed by atoms with Crippen LogP contribution in [0.1, 0.15) is 0 Å². The van der Waals surface area contributed by atoms with Crippen LogP contribution < -0.4 is 0 Å². The average molecular weight is 299 g/mol. The van der Waals surface area contributed by atoms with Gasteiger partial charge < -0.3 is 0 Å². The summed E-state index contributed by atoms with van der Waals surface area (Å²) in [6.07, 6.45) is 1.92. The van der Waals surface area contributed by atoms with Gasteiger partial charge in [-0.2, -0.15) is 0 Å². The summed E-state index contributed by atoms with van der Waals surface area (Å²) in [6, 6.07) is 19.5. The van der Waals surface area contributed by atoms with Crippen LogP contribution in [0.15, 0.2) is 66.9 Å². The summed E-state index contributed by atoms with van der Waals surface area (Å²) in [5.74, 6) is 0. The van der Waals surface area contributed by atoms with Gasteiger partial charge in [-0.1, -0.05) is 48.0 Å². The first-order valence-electron chi connectivity index (χ1n) is 6.15. The maximum Gasteiger partial charge on any atom is 0.204 e. The molecule has 20 heavy (non-hydrogen) atoms. The zero-order valence-electron chi connectivity index (χ0n) is 10.5. The molecule has 1 aromatic heterocycles. The molecule has 0 unspecified atom stereocenters. The van der Waals surface area contributed by atoms with Crippen LogP contribution in [0, 0.1) is 4.77 Å². The minimum atomic E-state index is 0.508. The van der Waals surface area contributed by atoms with Crippen molar-refractivity contribution < 1.29 is 0 Å². The minimum Gasteiger partial charge on any atom is -0.293 e. The van der Waals surface area contributed by atoms with E-state index in [4.69, 9.17) is 23.8 Å². The SMILES string of the molecule is S=c1nc(-c2ccccc2)ccn1-c1cccc(Cl)c1. The maximum atomic E-state index is 6.01. The van der Waals surface area contributed by atoms with Crippen LogP contribution in [0.3, 0.4) is 0 Å². The fraction of sp³-hybridized carbons (Fsp3) is 0. The highest BCUT2D eigenvalue weighted by molar-refractivity contribution is 7.71. The number of benzene rings is 2. The molecule has 0 radical (unpaired) electrons. The number of halogens is 1. The van der Waals surface area contributed by atoms with Crippen molar-refractivity contribution in [3.63, 3.8) is 0 Å². The number of rotatable bonds is 2. The molecule has 0 aliphatic rings. The molecule has 1 heterocycles. The molecule has 0 N–H and O–H groups in total. The molecule has 2 aromatic carbocycles. The molecular formula is C16H11ClN2S. The third kappa shape index (κ3) is 2.64. The molecule has 0 saturated heterocycles. The lowest BCUT2D eigenvalue weighted by Gasteiger charge is -2.08. The normalized spacial score (nSPS) is 10.4. The Morgan fingerprint density at radius 3 is 2.45 bits per heavy atom. The van der Waals surface area contributed by atoms with E-state index in [-0.39, 0.29) is 0 Å². The molecule has 3 aromatic rings. The van der Waals surface area contributed by atoms with Gasteiger partial charge in [0.25, 0.3) is 0 Å². The molecule has 2 nitrogen and oxygen atoms in total. The van der Waals surface area contributed by atoms with Crippen LogP contribution in [-0.4, -0.2) is 9.55 Å². The molecule has 0 aliphatic carbocycles. The zero-order valence-corrected chi connectivity index (χ0v) is 12.1. The second-order valence-corrected chi connectivity index (χ2v) is 5.11. The molecule has 0 spiro atoms. The van der Waals surface area contributed by atoms with Crippen LogP contribution in [0.4, 0.5) is 0 Å². The zero-order chi connectivity index (χ0) is 13.9. The van der Waals surface area contributed by atoms with Crippen LogP contribution in [-0.2, 0) is 0 Å². The fourth-order valence-corrected chi connectivity index (χ4v) is 2.44. The Bertz CT molecular complexity index is 797. The molecule has 3 rings (SSSR count). The predicted molar refractivity (Wildman–Crippen MR) is 84.8 cm³/mol. The van der Waals surface area contributed by atoms with Gasteiger partial charge in [0.2, 0.25) is 4.77 Å². The smallest absolute Gasteiger partial charge is 0.204 e. The van der Waals surface area contributed by atoms with Gasteiger partial charge >= 0.3 is 0 Å². The Morgan fingerprint density at radius 2 is 1.75 bits per heavy atom. The molecule has 0 saturated carbocycles. The van der Waals surface area contributed by atoms with E-state index < -0.39 is 0 Å². The Kier molecular flexibility index (Phi) is 3.63. The van der Waals surface area contributed by atoms with Gasteiger partial charge in [0, 0.05) is 22.5 Å². The maximum absolute atomic E-state index is 6.01. The standard InChI is InChI=1S/C16H11ClN2S/c17-13-7-4-8-14(11-13)19-10-9-15(18-16(19)20)12-5-2-1-3-6-12/h1-11H. The molecule has 0 fully saturated rings. The predicted octanol–water partition coefficient (Wildman–Crippen LogP) is 4.92. The monoisotopic (exact) mass is 298 g/mol. The van der Waals surface area contributed by atoms with Crippen molar-refractivity contribution in [3.05, 3.63) is 76.7 Å². The van der Waals surface area contributed by atoms with E-state index in [2.05, 4.69) is 4.98 Å². The first-order valence-corrected chi connectivity index (χ1v) is 6.94. The van der Waals surface area contributed by atoms with E-state index in [9.17, 15) is 0 Å². The van der Waals surface area contributed by atoms with E-state index in [1.54, 1.807) is 0 Å². The summed E-state index contributed by atoms with van der Waals surface area (Å²) < 4.78 is 2.35. The third-order valence-electron chi connectivity index (χ3n) is 2.96. The lowest BCUT2D eigenvalue weighted by molar-refractivity contribution is 0.960. The average Bonchev–Trinajstić information content (AvgIpc) is 2.48. The van der Waals surface area contributed by atoms with Gasteiger partial charge in [-0.05, 0) is 36.5 Å². The Balaban J connectivity index is 2.07. The highest BCUT2D eigenvalue weighted by Gasteiger charge is 2.02. The van der Waals surface area contributed by atoms with Crippen molar-refractivity contribution in [1.82, 2.24) is 9.55 Å². The van der Waals surface area contributed by atoms with E-state index in [1.165, 1.54) is 0 Å². The summed E-state index contributed by atoms with van der Waals surface area (Å²) >= 11 is 11.4. The number of hydrogen-bond donors (Lipinski definition) is 0. The van der Waals surface area contributed by atoms with Crippen molar-refractivity contribution in [2.24, 2.45) is 0 Å². The summed E-state index contributed by atoms with van der Waals surface area (Å²) in [5.41, 5.74) is 2.83. The summed E-state index contributed by atoms with van der Waals surface area (Å²) in [4.78, 5) is 4.48. The molecule has 0 aliphatic heterocycles. The largest absolute Gasteiger partial charge is 0.293 e. The Labute approximate surface area is 127 Å². The van der Waals surface area contributed by atoms with Gasteiger partial charge in [0.1, 0.15) is 0 Å². The quantitative estimate of drug-likeness (QED) is 0.625. The molecule has 0 amide bonds. The minimum absolute atomic E-state index is 0.508. The van der Waals surface area contributed by atoms with Gasteiger partial charge in [0.05, 0.1) is 5.69 Å². The topological polar surface area (TPSA) is 17.8 Å². The van der Waals surface area contributed by atoms with Crippen molar-refractivity contribution in [2.75, 3.05) is 0 Å². The summed E-state index contributed by atoms with van der Waals surface area (Å²) in [5, 5.41) is 0.677. The molecule has 0 atom stereocenters.